The lowest BCUT2D eigenvalue weighted by molar-refractivity contribution is -0.0199. The third-order valence-electron chi connectivity index (χ3n) is 3.37. The Balaban J connectivity index is 2.66. The van der Waals surface area contributed by atoms with Crippen LogP contribution in [0.2, 0.25) is 19.6 Å². The molecule has 0 radical (unpaired) electrons. The molecule has 1 rings (SSSR count). The van der Waals surface area contributed by atoms with E-state index in [1.54, 1.807) is 4.90 Å². The van der Waals surface area contributed by atoms with E-state index >= 15 is 0 Å². The molecule has 0 spiro atoms. The summed E-state index contributed by atoms with van der Waals surface area (Å²) in [6, 6.07) is 0. The molecule has 0 bridgehead atoms. The third kappa shape index (κ3) is 6.22. The molecule has 4 nitrogen and oxygen atoms in total. The first-order valence-corrected chi connectivity index (χ1v) is 11.2. The zero-order valence-electron chi connectivity index (χ0n) is 14.5. The van der Waals surface area contributed by atoms with Gasteiger partial charge in [0.1, 0.15) is 5.60 Å². The maximum absolute atomic E-state index is 12.1. The van der Waals surface area contributed by atoms with Crippen LogP contribution >= 0.6 is 0 Å². The van der Waals surface area contributed by atoms with Crippen LogP contribution in [0.5, 0.6) is 0 Å². The minimum absolute atomic E-state index is 0.148. The van der Waals surface area contributed by atoms with Crippen LogP contribution in [-0.2, 0) is 9.16 Å². The molecule has 0 unspecified atom stereocenters. The van der Waals surface area contributed by atoms with Gasteiger partial charge in [0.15, 0.2) is 8.32 Å². The molecule has 0 saturated carbocycles. The summed E-state index contributed by atoms with van der Waals surface area (Å²) in [6.45, 7) is 17.5. The van der Waals surface area contributed by atoms with Crippen molar-refractivity contribution in [3.8, 4) is 0 Å². The van der Waals surface area contributed by atoms with Gasteiger partial charge < -0.3 is 14.1 Å². The van der Waals surface area contributed by atoms with Crippen LogP contribution in [0.3, 0.4) is 0 Å². The maximum Gasteiger partial charge on any atom is 0.410 e. The smallest absolute Gasteiger partial charge is 0.410 e. The average Bonchev–Trinajstić information content (AvgIpc) is 2.25. The summed E-state index contributed by atoms with van der Waals surface area (Å²) in [4.78, 5) is 13.9. The topological polar surface area (TPSA) is 38.8 Å². The largest absolute Gasteiger partial charge is 0.444 e. The lowest BCUT2D eigenvalue weighted by atomic mass is 9.88. The van der Waals surface area contributed by atoms with E-state index in [4.69, 9.17) is 9.16 Å². The molecule has 0 N–H and O–H groups in total. The Bertz CT molecular complexity index is 374. The van der Waals surface area contributed by atoms with Gasteiger partial charge in [-0.2, -0.15) is 0 Å². The van der Waals surface area contributed by atoms with Gasteiger partial charge in [-0.25, -0.2) is 4.79 Å². The fraction of sp³-hybridized carbons (Fsp3) is 0.812. The molecule has 1 aliphatic rings. The highest BCUT2D eigenvalue weighted by Gasteiger charge is 2.39. The number of amides is 1. The summed E-state index contributed by atoms with van der Waals surface area (Å²) in [5.74, 6) is 0. The number of carbonyl (C=O) groups excluding carboxylic acids is 1. The Morgan fingerprint density at radius 2 is 1.81 bits per heavy atom. The standard InChI is InChI=1S/C16H31NO3Si/c1-8-9-16(20-21(5,6)7)10-12-17(13-11-16)14(18)19-15(2,3)4/h8H,1,9-13H2,2-7H3. The Kier molecular flexibility index (Phi) is 5.67. The number of carbonyl (C=O) groups is 1. The molecule has 0 aliphatic carbocycles. The second-order valence-corrected chi connectivity index (χ2v) is 12.3. The van der Waals surface area contributed by atoms with Gasteiger partial charge in [0.25, 0.3) is 0 Å². The van der Waals surface area contributed by atoms with Gasteiger partial charge in [0.2, 0.25) is 0 Å². The molecule has 0 aromatic carbocycles. The normalized spacial score (nSPS) is 19.2. The minimum atomic E-state index is -1.62. The number of ether oxygens (including phenoxy) is 1. The number of likely N-dealkylation sites (tertiary alicyclic amines) is 1. The van der Waals surface area contributed by atoms with Crippen LogP contribution in [0.4, 0.5) is 4.79 Å². The monoisotopic (exact) mass is 313 g/mol. The molecule has 0 atom stereocenters. The van der Waals surface area contributed by atoms with Crippen molar-refractivity contribution in [1.29, 1.82) is 0 Å². The molecule has 0 aromatic rings. The van der Waals surface area contributed by atoms with E-state index in [-0.39, 0.29) is 11.7 Å². The number of hydrogen-bond donors (Lipinski definition) is 0. The first kappa shape index (κ1) is 18.2. The van der Waals surface area contributed by atoms with Crippen LogP contribution in [-0.4, -0.2) is 43.6 Å². The maximum atomic E-state index is 12.1. The summed E-state index contributed by atoms with van der Waals surface area (Å²) in [6.07, 6.45) is 4.26. The van der Waals surface area contributed by atoms with Gasteiger partial charge in [-0.1, -0.05) is 6.08 Å². The van der Waals surface area contributed by atoms with Crippen molar-refractivity contribution in [3.05, 3.63) is 12.7 Å². The third-order valence-corrected chi connectivity index (χ3v) is 4.41. The molecule has 1 fully saturated rings. The van der Waals surface area contributed by atoms with E-state index in [0.29, 0.717) is 13.1 Å². The van der Waals surface area contributed by atoms with Gasteiger partial charge in [0, 0.05) is 13.1 Å². The second kappa shape index (κ2) is 6.52. The summed E-state index contributed by atoms with van der Waals surface area (Å²) in [7, 11) is -1.62. The fourth-order valence-electron chi connectivity index (χ4n) is 2.68. The van der Waals surface area contributed by atoms with Crippen molar-refractivity contribution >= 4 is 14.4 Å². The number of piperidine rings is 1. The van der Waals surface area contributed by atoms with Crippen LogP contribution in [0.15, 0.2) is 12.7 Å². The Morgan fingerprint density at radius 1 is 1.29 bits per heavy atom. The first-order valence-electron chi connectivity index (χ1n) is 7.75. The van der Waals surface area contributed by atoms with Gasteiger partial charge >= 0.3 is 6.09 Å². The molecule has 0 aromatic heterocycles. The highest BCUT2D eigenvalue weighted by molar-refractivity contribution is 6.69. The van der Waals surface area contributed by atoms with Crippen LogP contribution in [0.1, 0.15) is 40.0 Å². The Hall–Kier alpha value is -0.813. The quantitative estimate of drug-likeness (QED) is 0.577. The van der Waals surface area contributed by atoms with Crippen molar-refractivity contribution in [2.75, 3.05) is 13.1 Å². The zero-order chi connectivity index (χ0) is 16.3. The molecule has 122 valence electrons. The van der Waals surface area contributed by atoms with Crippen LogP contribution in [0, 0.1) is 0 Å². The Labute approximate surface area is 130 Å². The van der Waals surface area contributed by atoms with Crippen LogP contribution in [0.25, 0.3) is 0 Å². The second-order valence-electron chi connectivity index (χ2n) is 7.86. The summed E-state index contributed by atoms with van der Waals surface area (Å²) in [5, 5.41) is 0. The minimum Gasteiger partial charge on any atom is -0.444 e. The predicted molar refractivity (Wildman–Crippen MR) is 89.0 cm³/mol. The van der Waals surface area contributed by atoms with Crippen molar-refractivity contribution < 1.29 is 14.0 Å². The van der Waals surface area contributed by atoms with E-state index in [0.717, 1.165) is 19.3 Å². The van der Waals surface area contributed by atoms with Crippen molar-refractivity contribution in [3.63, 3.8) is 0 Å². The number of rotatable bonds is 4. The summed E-state index contributed by atoms with van der Waals surface area (Å²) >= 11 is 0. The SMILES string of the molecule is C=CCC1(O[Si](C)(C)C)CCN(C(=O)OC(C)(C)C)CC1. The molecule has 5 heteroatoms. The molecule has 1 heterocycles. The highest BCUT2D eigenvalue weighted by Crippen LogP contribution is 2.33. The van der Waals surface area contributed by atoms with E-state index < -0.39 is 13.9 Å². The zero-order valence-corrected chi connectivity index (χ0v) is 15.5. The van der Waals surface area contributed by atoms with Gasteiger partial charge in [-0.15, -0.1) is 6.58 Å². The lowest BCUT2D eigenvalue weighted by Crippen LogP contribution is -2.52. The fourth-order valence-corrected chi connectivity index (χ4v) is 4.27. The highest BCUT2D eigenvalue weighted by atomic mass is 28.4. The average molecular weight is 314 g/mol. The van der Waals surface area contributed by atoms with Crippen molar-refractivity contribution in [2.45, 2.75) is 70.9 Å². The van der Waals surface area contributed by atoms with E-state index in [1.807, 2.05) is 26.8 Å². The molecular weight excluding hydrogens is 282 g/mol. The van der Waals surface area contributed by atoms with Crippen LogP contribution < -0.4 is 0 Å². The van der Waals surface area contributed by atoms with E-state index in [1.165, 1.54) is 0 Å². The van der Waals surface area contributed by atoms with Crippen molar-refractivity contribution in [2.24, 2.45) is 0 Å². The lowest BCUT2D eigenvalue weighted by Gasteiger charge is -2.44. The first-order chi connectivity index (χ1) is 9.46. The summed E-state index contributed by atoms with van der Waals surface area (Å²) < 4.78 is 11.9. The summed E-state index contributed by atoms with van der Waals surface area (Å²) in [5.41, 5.74) is -0.591. The Morgan fingerprint density at radius 3 is 2.19 bits per heavy atom. The molecular formula is C16H31NO3Si. The molecule has 1 saturated heterocycles. The van der Waals surface area contributed by atoms with Gasteiger partial charge in [-0.05, 0) is 59.7 Å². The van der Waals surface area contributed by atoms with Crippen molar-refractivity contribution in [1.82, 2.24) is 4.90 Å². The molecule has 1 amide bonds. The van der Waals surface area contributed by atoms with E-state index in [9.17, 15) is 4.79 Å². The van der Waals surface area contributed by atoms with Gasteiger partial charge in [-0.3, -0.25) is 0 Å². The molecule has 1 aliphatic heterocycles. The number of hydrogen-bond acceptors (Lipinski definition) is 3. The molecule has 21 heavy (non-hydrogen) atoms. The number of nitrogens with zero attached hydrogens (tertiary/aromatic N) is 1. The van der Waals surface area contributed by atoms with Gasteiger partial charge in [0.05, 0.1) is 5.60 Å². The predicted octanol–water partition coefficient (Wildman–Crippen LogP) is 4.18. The van der Waals surface area contributed by atoms with E-state index in [2.05, 4.69) is 26.2 Å².